The van der Waals surface area contributed by atoms with Gasteiger partial charge in [-0.05, 0) is 31.9 Å². The van der Waals surface area contributed by atoms with E-state index in [0.717, 1.165) is 32.7 Å². The van der Waals surface area contributed by atoms with Gasteiger partial charge in [0.1, 0.15) is 28.9 Å². The number of carbonyl (C=O) groups is 1. The van der Waals surface area contributed by atoms with Crippen molar-refractivity contribution in [3.05, 3.63) is 51.0 Å². The number of nitrogens with zero attached hydrogens (tertiary/aromatic N) is 6. The van der Waals surface area contributed by atoms with Gasteiger partial charge < -0.3 is 34.1 Å². The van der Waals surface area contributed by atoms with Gasteiger partial charge in [-0.2, -0.15) is 4.39 Å². The fourth-order valence-electron chi connectivity index (χ4n) is 6.96. The molecule has 0 bridgehead atoms. The van der Waals surface area contributed by atoms with Crippen LogP contribution in [0.1, 0.15) is 24.7 Å². The smallest absolute Gasteiger partial charge is 0.263 e. The molecule has 13 nitrogen and oxygen atoms in total. The van der Waals surface area contributed by atoms with Crippen LogP contribution in [0.5, 0.6) is 17.2 Å². The molecule has 2 N–H and O–H groups in total. The van der Waals surface area contributed by atoms with Crippen LogP contribution in [0.15, 0.2) is 23.1 Å². The predicted molar refractivity (Wildman–Crippen MR) is 178 cm³/mol. The molecule has 3 aliphatic heterocycles. The minimum absolute atomic E-state index is 0.0479. The molecule has 1 atom stereocenters. The highest BCUT2D eigenvalue weighted by atomic mass is 35.5. The molecule has 2 saturated heterocycles. The van der Waals surface area contributed by atoms with E-state index in [2.05, 4.69) is 22.1 Å². The van der Waals surface area contributed by atoms with Crippen molar-refractivity contribution in [2.24, 2.45) is 0 Å². The number of halogens is 2. The highest BCUT2D eigenvalue weighted by molar-refractivity contribution is 6.33. The number of benzene rings is 1. The number of aromatic nitrogens is 4. The van der Waals surface area contributed by atoms with Gasteiger partial charge >= 0.3 is 0 Å². The topological polar surface area (TPSA) is 136 Å². The lowest BCUT2D eigenvalue weighted by Gasteiger charge is -2.46. The van der Waals surface area contributed by atoms with Gasteiger partial charge in [-0.25, -0.2) is 9.97 Å². The van der Waals surface area contributed by atoms with E-state index in [1.54, 1.807) is 34.4 Å². The SMILES string of the molecule is COc1c(-c2cn(CC(=O)Nc3cc(N4CCN(C5COC5)C[C@@H]4C)nc(F)c3Cl)c3nc4n(c(=O)c23)CCC4)cc(C)c(O)c1OC. The summed E-state index contributed by atoms with van der Waals surface area (Å²) in [5, 5.41) is 13.4. The van der Waals surface area contributed by atoms with Crippen LogP contribution in [-0.2, 0) is 29.0 Å². The second-order valence-electron chi connectivity index (χ2n) is 12.5. The predicted octanol–water partition coefficient (Wildman–Crippen LogP) is 3.58. The summed E-state index contributed by atoms with van der Waals surface area (Å²) in [7, 11) is 2.86. The van der Waals surface area contributed by atoms with E-state index in [9.17, 15) is 14.7 Å². The average Bonchev–Trinajstić information content (AvgIpc) is 3.65. The van der Waals surface area contributed by atoms with Gasteiger partial charge in [0.05, 0.1) is 44.5 Å². The number of methoxy groups -OCH3 is 2. The maximum atomic E-state index is 15.1. The zero-order chi connectivity index (χ0) is 33.9. The van der Waals surface area contributed by atoms with Crippen LogP contribution in [0.4, 0.5) is 15.9 Å². The largest absolute Gasteiger partial charge is 0.504 e. The lowest BCUT2D eigenvalue weighted by molar-refractivity contribution is -0.116. The first-order valence-electron chi connectivity index (χ1n) is 15.9. The standard InChI is InChI=1S/C33H37ClFN7O6/c1-17-10-20(29(46-3)30(47-4)28(17)44)21-13-40(32-26(21)33(45)42-7-5-6-23(42)38-32)14-25(43)36-22-11-24(37-31(35)27(22)34)41-9-8-39(12-18(41)2)19-15-48-16-19/h10-11,13,18-19,44H,5-9,12,14-16H2,1-4H3,(H,36,37,43)/t18-/m0/s1. The summed E-state index contributed by atoms with van der Waals surface area (Å²) >= 11 is 6.33. The Morgan fingerprint density at radius 2 is 1.92 bits per heavy atom. The van der Waals surface area contributed by atoms with Gasteiger partial charge in [-0.1, -0.05) is 11.6 Å². The summed E-state index contributed by atoms with van der Waals surface area (Å²) in [5.74, 6) is -0.0974. The molecule has 1 aromatic carbocycles. The molecule has 2 fully saturated rings. The van der Waals surface area contributed by atoms with Crippen LogP contribution >= 0.6 is 11.6 Å². The number of carbonyl (C=O) groups excluding carboxylic acids is 1. The number of rotatable bonds is 8. The molecule has 3 aliphatic rings. The Morgan fingerprint density at radius 3 is 2.60 bits per heavy atom. The van der Waals surface area contributed by atoms with Crippen molar-refractivity contribution in [3.8, 4) is 28.4 Å². The zero-order valence-electron chi connectivity index (χ0n) is 27.2. The van der Waals surface area contributed by atoms with Gasteiger partial charge in [-0.3, -0.25) is 19.1 Å². The lowest BCUT2D eigenvalue weighted by atomic mass is 10.0. The number of anilines is 2. The molecule has 254 valence electrons. The molecule has 15 heteroatoms. The van der Waals surface area contributed by atoms with E-state index in [-0.39, 0.29) is 46.1 Å². The van der Waals surface area contributed by atoms with Crippen molar-refractivity contribution < 1.29 is 28.5 Å². The molecule has 6 heterocycles. The number of ether oxygens (including phenoxy) is 3. The highest BCUT2D eigenvalue weighted by Gasteiger charge is 2.33. The first-order chi connectivity index (χ1) is 23.1. The minimum atomic E-state index is -0.880. The second-order valence-corrected chi connectivity index (χ2v) is 12.9. The Balaban J connectivity index is 1.23. The van der Waals surface area contributed by atoms with Crippen molar-refractivity contribution >= 4 is 40.0 Å². The number of phenolic OH excluding ortho intramolecular Hbond substituents is 1. The molecule has 0 aliphatic carbocycles. The van der Waals surface area contributed by atoms with E-state index >= 15 is 4.39 Å². The van der Waals surface area contributed by atoms with Crippen LogP contribution < -0.4 is 25.2 Å². The van der Waals surface area contributed by atoms with Crippen LogP contribution in [0, 0.1) is 12.9 Å². The van der Waals surface area contributed by atoms with Crippen LogP contribution in [0.2, 0.25) is 5.02 Å². The Bertz CT molecular complexity index is 1990. The maximum Gasteiger partial charge on any atom is 0.263 e. The molecule has 7 rings (SSSR count). The lowest BCUT2D eigenvalue weighted by Crippen LogP contribution is -2.59. The third-order valence-electron chi connectivity index (χ3n) is 9.52. The Kier molecular flexibility index (Phi) is 8.42. The van der Waals surface area contributed by atoms with Gasteiger partial charge in [0.2, 0.25) is 17.6 Å². The third kappa shape index (κ3) is 5.41. The van der Waals surface area contributed by atoms with E-state index in [0.29, 0.717) is 64.9 Å². The van der Waals surface area contributed by atoms with Crippen LogP contribution in [0.3, 0.4) is 0 Å². The first-order valence-corrected chi connectivity index (χ1v) is 16.3. The van der Waals surface area contributed by atoms with Crippen molar-refractivity contribution in [3.63, 3.8) is 0 Å². The van der Waals surface area contributed by atoms with Crippen LogP contribution in [0.25, 0.3) is 22.2 Å². The number of amides is 1. The molecule has 0 saturated carbocycles. The van der Waals surface area contributed by atoms with E-state index in [1.807, 2.05) is 4.90 Å². The van der Waals surface area contributed by atoms with Gasteiger partial charge in [-0.15, -0.1) is 0 Å². The van der Waals surface area contributed by atoms with Gasteiger partial charge in [0.25, 0.3) is 5.56 Å². The number of pyridine rings is 1. The maximum absolute atomic E-state index is 15.1. The summed E-state index contributed by atoms with van der Waals surface area (Å²) in [5.41, 5.74) is 1.64. The molecule has 0 radical (unpaired) electrons. The molecule has 1 amide bonds. The number of phenols is 1. The summed E-state index contributed by atoms with van der Waals surface area (Å²) < 4.78 is 34.8. The molecule has 3 aromatic heterocycles. The fourth-order valence-corrected chi connectivity index (χ4v) is 7.11. The van der Waals surface area contributed by atoms with Crippen molar-refractivity contribution in [1.29, 1.82) is 0 Å². The quantitative estimate of drug-likeness (QED) is 0.266. The summed E-state index contributed by atoms with van der Waals surface area (Å²) in [4.78, 5) is 40.8. The zero-order valence-corrected chi connectivity index (χ0v) is 27.9. The van der Waals surface area contributed by atoms with E-state index in [1.165, 1.54) is 14.2 Å². The number of nitrogens with one attached hydrogen (secondary N) is 1. The fraction of sp³-hybridized carbons (Fsp3) is 0.455. The third-order valence-corrected chi connectivity index (χ3v) is 9.88. The summed E-state index contributed by atoms with van der Waals surface area (Å²) in [6, 6.07) is 3.74. The Labute approximate surface area is 280 Å². The molecule has 0 spiro atoms. The van der Waals surface area contributed by atoms with Crippen molar-refractivity contribution in [2.75, 3.05) is 57.3 Å². The molecule has 48 heavy (non-hydrogen) atoms. The first kappa shape index (κ1) is 32.2. The highest BCUT2D eigenvalue weighted by Crippen LogP contribution is 2.47. The second kappa shape index (κ2) is 12.6. The van der Waals surface area contributed by atoms with Crippen molar-refractivity contribution in [1.82, 2.24) is 24.0 Å². The van der Waals surface area contributed by atoms with Gasteiger partial charge in [0.15, 0.2) is 11.5 Å². The van der Waals surface area contributed by atoms with E-state index < -0.39 is 11.9 Å². The number of fused-ring (bicyclic) bond motifs is 2. The number of hydrogen-bond acceptors (Lipinski definition) is 10. The minimum Gasteiger partial charge on any atom is -0.504 e. The normalized spacial score (nSPS) is 18.2. The molecule has 4 aromatic rings. The number of piperazine rings is 1. The Morgan fingerprint density at radius 1 is 1.15 bits per heavy atom. The Hall–Kier alpha value is -4.40. The number of aryl methyl sites for hydroxylation is 2. The summed E-state index contributed by atoms with van der Waals surface area (Å²) in [6.07, 6.45) is 3.07. The molecule has 0 unspecified atom stereocenters. The van der Waals surface area contributed by atoms with Gasteiger partial charge in [0, 0.05) is 62.0 Å². The molecular formula is C33H37ClFN7O6. The average molecular weight is 682 g/mol. The van der Waals surface area contributed by atoms with E-state index in [4.69, 9.17) is 30.8 Å². The van der Waals surface area contributed by atoms with Crippen molar-refractivity contribution in [2.45, 2.75) is 51.9 Å². The van der Waals surface area contributed by atoms with Crippen LogP contribution in [-0.4, -0.2) is 94.2 Å². The number of hydrogen-bond donors (Lipinski definition) is 2. The number of aromatic hydroxyl groups is 1. The monoisotopic (exact) mass is 681 g/mol. The molecular weight excluding hydrogens is 645 g/mol. The summed E-state index contributed by atoms with van der Waals surface area (Å²) in [6.45, 7) is 7.68.